The van der Waals surface area contributed by atoms with Gasteiger partial charge in [0.05, 0.1) is 24.9 Å². The molecule has 0 spiro atoms. The lowest BCUT2D eigenvalue weighted by Gasteiger charge is -2.27. The van der Waals surface area contributed by atoms with E-state index < -0.39 is 0 Å². The first-order valence-electron chi connectivity index (χ1n) is 7.56. The summed E-state index contributed by atoms with van der Waals surface area (Å²) in [6.07, 6.45) is 0. The molecule has 0 amide bonds. The molecule has 0 saturated heterocycles. The Labute approximate surface area is 147 Å². The number of ether oxygens (including phenoxy) is 2. The van der Waals surface area contributed by atoms with E-state index >= 15 is 0 Å². The number of methoxy groups -OCH3 is 2. The van der Waals surface area contributed by atoms with Gasteiger partial charge in [-0.2, -0.15) is 0 Å². The summed E-state index contributed by atoms with van der Waals surface area (Å²) in [5, 5.41) is 0.533. The lowest BCUT2D eigenvalue weighted by Crippen LogP contribution is -2.11. The number of anilines is 3. The topological polar surface area (TPSA) is 21.7 Å². The van der Waals surface area contributed by atoms with Gasteiger partial charge in [-0.1, -0.05) is 48.0 Å². The maximum Gasteiger partial charge on any atom is 0.146 e. The lowest BCUT2D eigenvalue weighted by atomic mass is 10.1. The first-order valence-corrected chi connectivity index (χ1v) is 7.94. The Kier molecular flexibility index (Phi) is 4.92. The van der Waals surface area contributed by atoms with Gasteiger partial charge in [-0.25, -0.2) is 0 Å². The number of hydrogen-bond donors (Lipinski definition) is 0. The monoisotopic (exact) mass is 339 g/mol. The fraction of sp³-hybridized carbons (Fsp3) is 0.100. The van der Waals surface area contributed by atoms with Gasteiger partial charge < -0.3 is 14.4 Å². The number of nitrogens with zero attached hydrogens (tertiary/aromatic N) is 1. The summed E-state index contributed by atoms with van der Waals surface area (Å²) in [5.74, 6) is 1.27. The van der Waals surface area contributed by atoms with Crippen LogP contribution in [-0.4, -0.2) is 14.2 Å². The first kappa shape index (κ1) is 16.2. The molecule has 0 aliphatic carbocycles. The van der Waals surface area contributed by atoms with Crippen LogP contribution in [0.3, 0.4) is 0 Å². The average Bonchev–Trinajstić information content (AvgIpc) is 2.64. The minimum atomic E-state index is 0.533. The van der Waals surface area contributed by atoms with Gasteiger partial charge in [-0.3, -0.25) is 0 Å². The zero-order chi connectivity index (χ0) is 16.9. The van der Waals surface area contributed by atoms with Crippen LogP contribution in [0.5, 0.6) is 11.5 Å². The van der Waals surface area contributed by atoms with Crippen molar-refractivity contribution in [1.82, 2.24) is 0 Å². The zero-order valence-corrected chi connectivity index (χ0v) is 14.3. The Balaban J connectivity index is 2.22. The molecule has 3 aromatic rings. The molecular formula is C20H18ClNO2. The summed E-state index contributed by atoms with van der Waals surface area (Å²) in [6.45, 7) is 0. The van der Waals surface area contributed by atoms with E-state index in [-0.39, 0.29) is 0 Å². The maximum atomic E-state index is 6.37. The quantitative estimate of drug-likeness (QED) is 0.584. The first-order chi connectivity index (χ1) is 11.7. The standard InChI is InChI=1S/C20H18ClNO2/c1-23-19-14-20(24-2)18(13-17(19)21)22(15-9-5-3-6-10-15)16-11-7-4-8-12-16/h3-14H,1-2H3. The normalized spacial score (nSPS) is 10.3. The van der Waals surface area contributed by atoms with Gasteiger partial charge in [0, 0.05) is 17.4 Å². The molecule has 122 valence electrons. The lowest BCUT2D eigenvalue weighted by molar-refractivity contribution is 0.395. The van der Waals surface area contributed by atoms with Gasteiger partial charge in [0.1, 0.15) is 11.5 Å². The van der Waals surface area contributed by atoms with E-state index in [0.29, 0.717) is 16.5 Å². The van der Waals surface area contributed by atoms with Crippen molar-refractivity contribution in [3.05, 3.63) is 77.8 Å². The fourth-order valence-electron chi connectivity index (χ4n) is 2.60. The average molecular weight is 340 g/mol. The second-order valence-electron chi connectivity index (χ2n) is 5.17. The smallest absolute Gasteiger partial charge is 0.146 e. The van der Waals surface area contributed by atoms with Crippen LogP contribution in [0.25, 0.3) is 0 Å². The van der Waals surface area contributed by atoms with Crippen LogP contribution in [0.2, 0.25) is 5.02 Å². The zero-order valence-electron chi connectivity index (χ0n) is 13.6. The van der Waals surface area contributed by atoms with Crippen molar-refractivity contribution < 1.29 is 9.47 Å². The third kappa shape index (κ3) is 3.17. The predicted molar refractivity (Wildman–Crippen MR) is 99.2 cm³/mol. The molecule has 0 aliphatic heterocycles. The Hall–Kier alpha value is -2.65. The van der Waals surface area contributed by atoms with Gasteiger partial charge in [0.2, 0.25) is 0 Å². The molecule has 3 nitrogen and oxygen atoms in total. The van der Waals surface area contributed by atoms with Gasteiger partial charge in [0.15, 0.2) is 0 Å². The van der Waals surface area contributed by atoms with Gasteiger partial charge in [0.25, 0.3) is 0 Å². The predicted octanol–water partition coefficient (Wildman–Crippen LogP) is 5.83. The van der Waals surface area contributed by atoms with Crippen LogP contribution in [0.4, 0.5) is 17.1 Å². The molecule has 0 aliphatic rings. The van der Waals surface area contributed by atoms with E-state index in [1.54, 1.807) is 20.3 Å². The second kappa shape index (κ2) is 7.28. The SMILES string of the molecule is COc1cc(OC)c(N(c2ccccc2)c2ccccc2)cc1Cl. The Bertz CT molecular complexity index is 767. The molecule has 0 aromatic heterocycles. The van der Waals surface area contributed by atoms with Gasteiger partial charge in [-0.15, -0.1) is 0 Å². The summed E-state index contributed by atoms with van der Waals surface area (Å²) in [4.78, 5) is 2.10. The second-order valence-corrected chi connectivity index (χ2v) is 5.57. The molecule has 0 atom stereocenters. The summed E-state index contributed by atoms with van der Waals surface area (Å²) in [6, 6.07) is 23.8. The van der Waals surface area contributed by atoms with Crippen molar-refractivity contribution in [3.63, 3.8) is 0 Å². The minimum absolute atomic E-state index is 0.533. The van der Waals surface area contributed by atoms with Crippen molar-refractivity contribution in [2.75, 3.05) is 19.1 Å². The van der Waals surface area contributed by atoms with Crippen molar-refractivity contribution in [2.45, 2.75) is 0 Å². The summed E-state index contributed by atoms with van der Waals surface area (Å²) in [7, 11) is 3.23. The molecule has 0 heterocycles. The molecule has 0 fully saturated rings. The number of rotatable bonds is 5. The molecule has 0 saturated carbocycles. The molecule has 0 N–H and O–H groups in total. The number of halogens is 1. The summed E-state index contributed by atoms with van der Waals surface area (Å²) >= 11 is 6.37. The van der Waals surface area contributed by atoms with E-state index in [9.17, 15) is 0 Å². The molecule has 24 heavy (non-hydrogen) atoms. The van der Waals surface area contributed by atoms with E-state index in [1.807, 2.05) is 66.7 Å². The van der Waals surface area contributed by atoms with Crippen LogP contribution in [0.1, 0.15) is 0 Å². The fourth-order valence-corrected chi connectivity index (χ4v) is 2.84. The molecule has 0 radical (unpaired) electrons. The van der Waals surface area contributed by atoms with Crippen LogP contribution in [0, 0.1) is 0 Å². The Morgan fingerprint density at radius 1 is 0.708 bits per heavy atom. The third-order valence-electron chi connectivity index (χ3n) is 3.72. The highest BCUT2D eigenvalue weighted by Crippen LogP contribution is 2.44. The number of para-hydroxylation sites is 2. The third-order valence-corrected chi connectivity index (χ3v) is 4.02. The van der Waals surface area contributed by atoms with Crippen molar-refractivity contribution >= 4 is 28.7 Å². The Morgan fingerprint density at radius 3 is 1.67 bits per heavy atom. The largest absolute Gasteiger partial charge is 0.495 e. The van der Waals surface area contributed by atoms with Gasteiger partial charge in [-0.05, 0) is 30.3 Å². The highest BCUT2D eigenvalue weighted by molar-refractivity contribution is 6.32. The maximum absolute atomic E-state index is 6.37. The van der Waals surface area contributed by atoms with Crippen molar-refractivity contribution in [3.8, 4) is 11.5 Å². The van der Waals surface area contributed by atoms with Crippen LogP contribution < -0.4 is 14.4 Å². The highest BCUT2D eigenvalue weighted by Gasteiger charge is 2.19. The van der Waals surface area contributed by atoms with E-state index in [0.717, 1.165) is 17.1 Å². The summed E-state index contributed by atoms with van der Waals surface area (Å²) < 4.78 is 10.9. The molecule has 0 bridgehead atoms. The minimum Gasteiger partial charge on any atom is -0.495 e. The van der Waals surface area contributed by atoms with Crippen molar-refractivity contribution in [2.24, 2.45) is 0 Å². The molecule has 3 aromatic carbocycles. The van der Waals surface area contributed by atoms with E-state index in [2.05, 4.69) is 4.90 Å². The molecular weight excluding hydrogens is 322 g/mol. The number of hydrogen-bond acceptors (Lipinski definition) is 3. The van der Waals surface area contributed by atoms with Crippen molar-refractivity contribution in [1.29, 1.82) is 0 Å². The summed E-state index contributed by atoms with van der Waals surface area (Å²) in [5.41, 5.74) is 2.88. The van der Waals surface area contributed by atoms with Crippen LogP contribution in [-0.2, 0) is 0 Å². The molecule has 0 unspecified atom stereocenters. The highest BCUT2D eigenvalue weighted by atomic mass is 35.5. The van der Waals surface area contributed by atoms with E-state index in [1.165, 1.54) is 0 Å². The van der Waals surface area contributed by atoms with Crippen LogP contribution in [0.15, 0.2) is 72.8 Å². The van der Waals surface area contributed by atoms with E-state index in [4.69, 9.17) is 21.1 Å². The van der Waals surface area contributed by atoms with Crippen LogP contribution >= 0.6 is 11.6 Å². The Morgan fingerprint density at radius 2 is 1.21 bits per heavy atom. The van der Waals surface area contributed by atoms with Gasteiger partial charge >= 0.3 is 0 Å². The molecule has 4 heteroatoms. The molecule has 3 rings (SSSR count). The number of benzene rings is 3.